The number of rotatable bonds is 11. The maximum Gasteiger partial charge on any atom is 0.408 e. The molecule has 2 unspecified atom stereocenters. The van der Waals surface area contributed by atoms with Crippen molar-refractivity contribution in [1.82, 2.24) is 15.8 Å². The maximum atomic E-state index is 13.5. The van der Waals surface area contributed by atoms with Crippen LogP contribution < -0.4 is 10.7 Å². The number of morpholine rings is 1. The molecular formula is C22H33N3O6. The highest BCUT2D eigenvalue weighted by Crippen LogP contribution is 2.20. The van der Waals surface area contributed by atoms with Crippen LogP contribution in [0.15, 0.2) is 30.3 Å². The lowest BCUT2D eigenvalue weighted by Crippen LogP contribution is -2.64. The zero-order valence-corrected chi connectivity index (χ0v) is 18.4. The molecule has 1 aliphatic rings. The normalized spacial score (nSPS) is 20.3. The summed E-state index contributed by atoms with van der Waals surface area (Å²) >= 11 is 0. The van der Waals surface area contributed by atoms with Crippen LogP contribution in [0.1, 0.15) is 39.2 Å². The molecule has 0 saturated carbocycles. The second-order valence-corrected chi connectivity index (χ2v) is 7.97. The Bertz CT molecular complexity index is 727. The number of benzene rings is 1. The molecule has 9 heteroatoms. The molecule has 0 spiro atoms. The van der Waals surface area contributed by atoms with E-state index in [0.29, 0.717) is 26.0 Å². The van der Waals surface area contributed by atoms with Crippen molar-refractivity contribution in [3.63, 3.8) is 0 Å². The second kappa shape index (κ2) is 12.4. The molecule has 2 rings (SSSR count). The van der Waals surface area contributed by atoms with E-state index >= 15 is 0 Å². The molecule has 0 aliphatic carbocycles. The standard InChI is InChI=1S/C22H33N3O6/c1-4-18-20(25(10-11-30-18)23-13-19(26)27)21(28)17(12-15(2)3)24-22(29)31-14-16-8-6-5-7-9-16/h5-9,15,17-18,20,23H,4,10-14H2,1-3H3,(H,24,29)(H,26,27)/t17-,18?,20?/m0/s1. The number of nitrogens with one attached hydrogen (secondary N) is 2. The van der Waals surface area contributed by atoms with Crippen LogP contribution in [0.2, 0.25) is 0 Å². The van der Waals surface area contributed by atoms with E-state index in [1.165, 1.54) is 0 Å². The number of hydrogen-bond donors (Lipinski definition) is 3. The van der Waals surface area contributed by atoms with Crippen LogP contribution in [-0.2, 0) is 25.7 Å². The van der Waals surface area contributed by atoms with Crippen molar-refractivity contribution < 1.29 is 29.0 Å². The van der Waals surface area contributed by atoms with Crippen molar-refractivity contribution in [2.45, 2.75) is 58.4 Å². The monoisotopic (exact) mass is 435 g/mol. The van der Waals surface area contributed by atoms with Gasteiger partial charge in [0.1, 0.15) is 19.2 Å². The predicted molar refractivity (Wildman–Crippen MR) is 114 cm³/mol. The zero-order valence-electron chi connectivity index (χ0n) is 18.4. The van der Waals surface area contributed by atoms with Crippen LogP contribution in [0.3, 0.4) is 0 Å². The van der Waals surface area contributed by atoms with Gasteiger partial charge < -0.3 is 19.9 Å². The van der Waals surface area contributed by atoms with E-state index in [9.17, 15) is 14.4 Å². The summed E-state index contributed by atoms with van der Waals surface area (Å²) in [5.41, 5.74) is 3.66. The highest BCUT2D eigenvalue weighted by Gasteiger charge is 2.40. The highest BCUT2D eigenvalue weighted by molar-refractivity contribution is 5.92. The Balaban J connectivity index is 2.10. The number of carboxylic acid groups (broad SMARTS) is 1. The Morgan fingerprint density at radius 1 is 1.26 bits per heavy atom. The van der Waals surface area contributed by atoms with Gasteiger partial charge in [0.05, 0.1) is 18.8 Å². The molecule has 1 amide bonds. The molecule has 1 saturated heterocycles. The summed E-state index contributed by atoms with van der Waals surface area (Å²) in [6.07, 6.45) is -0.0648. The van der Waals surface area contributed by atoms with Gasteiger partial charge in [-0.25, -0.2) is 15.2 Å². The first kappa shape index (κ1) is 24.8. The van der Waals surface area contributed by atoms with Crippen LogP contribution in [0.5, 0.6) is 0 Å². The smallest absolute Gasteiger partial charge is 0.408 e. The molecule has 3 N–H and O–H groups in total. The van der Waals surface area contributed by atoms with Gasteiger partial charge in [0, 0.05) is 6.54 Å². The van der Waals surface area contributed by atoms with E-state index in [-0.39, 0.29) is 24.9 Å². The minimum Gasteiger partial charge on any atom is -0.480 e. The zero-order chi connectivity index (χ0) is 22.8. The van der Waals surface area contributed by atoms with Crippen molar-refractivity contribution in [1.29, 1.82) is 0 Å². The van der Waals surface area contributed by atoms with Crippen molar-refractivity contribution in [3.05, 3.63) is 35.9 Å². The molecular weight excluding hydrogens is 402 g/mol. The first-order valence-corrected chi connectivity index (χ1v) is 10.7. The fraction of sp³-hybridized carbons (Fsp3) is 0.591. The molecule has 1 fully saturated rings. The average Bonchev–Trinajstić information content (AvgIpc) is 2.75. The van der Waals surface area contributed by atoms with E-state index in [1.54, 1.807) is 5.01 Å². The van der Waals surface area contributed by atoms with E-state index < -0.39 is 30.3 Å². The Hall–Kier alpha value is -2.49. The van der Waals surface area contributed by atoms with E-state index in [4.69, 9.17) is 14.6 Å². The van der Waals surface area contributed by atoms with Crippen LogP contribution in [0.4, 0.5) is 4.79 Å². The van der Waals surface area contributed by atoms with Crippen molar-refractivity contribution >= 4 is 17.8 Å². The third-order valence-corrected chi connectivity index (χ3v) is 5.03. The molecule has 1 aromatic rings. The highest BCUT2D eigenvalue weighted by atomic mass is 16.5. The van der Waals surface area contributed by atoms with Crippen molar-refractivity contribution in [3.8, 4) is 0 Å². The first-order chi connectivity index (χ1) is 14.8. The van der Waals surface area contributed by atoms with Gasteiger partial charge in [-0.15, -0.1) is 0 Å². The summed E-state index contributed by atoms with van der Waals surface area (Å²) in [5.74, 6) is -1.10. The second-order valence-electron chi connectivity index (χ2n) is 7.97. The molecule has 9 nitrogen and oxygen atoms in total. The Kier molecular flexibility index (Phi) is 9.90. The number of carboxylic acids is 1. The fourth-order valence-electron chi connectivity index (χ4n) is 3.59. The van der Waals surface area contributed by atoms with Gasteiger partial charge in [-0.2, -0.15) is 0 Å². The van der Waals surface area contributed by atoms with Gasteiger partial charge in [-0.05, 0) is 24.3 Å². The van der Waals surface area contributed by atoms with Crippen LogP contribution in [0, 0.1) is 5.92 Å². The van der Waals surface area contributed by atoms with Crippen LogP contribution in [0.25, 0.3) is 0 Å². The lowest BCUT2D eigenvalue weighted by Gasteiger charge is -2.41. The fourth-order valence-corrected chi connectivity index (χ4v) is 3.59. The summed E-state index contributed by atoms with van der Waals surface area (Å²) in [6.45, 7) is 6.39. The quantitative estimate of drug-likeness (QED) is 0.483. The number of hydrazine groups is 1. The molecule has 1 aromatic carbocycles. The topological polar surface area (TPSA) is 117 Å². The minimum absolute atomic E-state index is 0.103. The van der Waals surface area contributed by atoms with E-state index in [2.05, 4.69) is 10.7 Å². The molecule has 0 aromatic heterocycles. The number of nitrogens with zero attached hydrogens (tertiary/aromatic N) is 1. The number of amides is 1. The number of Topliss-reactive ketones (excluding diaryl/α,β-unsaturated/α-hetero) is 1. The lowest BCUT2D eigenvalue weighted by atomic mass is 9.91. The average molecular weight is 436 g/mol. The van der Waals surface area contributed by atoms with Crippen LogP contribution in [-0.4, -0.2) is 65.8 Å². The minimum atomic E-state index is -1.02. The lowest BCUT2D eigenvalue weighted by molar-refractivity contribution is -0.150. The molecule has 172 valence electrons. The number of hydrogen-bond acceptors (Lipinski definition) is 7. The third-order valence-electron chi connectivity index (χ3n) is 5.03. The van der Waals surface area contributed by atoms with Gasteiger partial charge in [0.25, 0.3) is 0 Å². The van der Waals surface area contributed by atoms with Crippen molar-refractivity contribution in [2.24, 2.45) is 5.92 Å². The summed E-state index contributed by atoms with van der Waals surface area (Å²) in [5, 5.41) is 13.3. The molecule has 3 atom stereocenters. The summed E-state index contributed by atoms with van der Waals surface area (Å²) in [4.78, 5) is 36.9. The molecule has 1 aliphatic heterocycles. The van der Waals surface area contributed by atoms with Crippen LogP contribution >= 0.6 is 0 Å². The third kappa shape index (κ3) is 7.93. The number of carbonyl (C=O) groups excluding carboxylic acids is 2. The molecule has 0 radical (unpaired) electrons. The van der Waals surface area contributed by atoms with Gasteiger partial charge in [-0.1, -0.05) is 51.1 Å². The molecule has 0 bridgehead atoms. The Morgan fingerprint density at radius 2 is 1.97 bits per heavy atom. The number of aliphatic carboxylic acids is 1. The van der Waals surface area contributed by atoms with Gasteiger partial charge >= 0.3 is 12.1 Å². The SMILES string of the molecule is CCC1OCCN(NCC(=O)O)C1C(=O)[C@H](CC(C)C)NC(=O)OCc1ccccc1. The van der Waals surface area contributed by atoms with E-state index in [0.717, 1.165) is 5.56 Å². The number of carbonyl (C=O) groups is 3. The van der Waals surface area contributed by atoms with Gasteiger partial charge in [0.2, 0.25) is 0 Å². The number of ketones is 1. The largest absolute Gasteiger partial charge is 0.480 e. The predicted octanol–water partition coefficient (Wildman–Crippen LogP) is 1.97. The Labute approximate surface area is 183 Å². The Morgan fingerprint density at radius 3 is 2.58 bits per heavy atom. The van der Waals surface area contributed by atoms with E-state index in [1.807, 2.05) is 51.1 Å². The first-order valence-electron chi connectivity index (χ1n) is 10.7. The maximum absolute atomic E-state index is 13.5. The summed E-state index contributed by atoms with van der Waals surface area (Å²) in [6, 6.07) is 7.79. The van der Waals surface area contributed by atoms with Gasteiger partial charge in [-0.3, -0.25) is 9.59 Å². The summed E-state index contributed by atoms with van der Waals surface area (Å²) in [7, 11) is 0. The molecule has 31 heavy (non-hydrogen) atoms. The van der Waals surface area contributed by atoms with Crippen molar-refractivity contribution in [2.75, 3.05) is 19.7 Å². The number of alkyl carbamates (subject to hydrolysis) is 1. The number of ether oxygens (including phenoxy) is 2. The van der Waals surface area contributed by atoms with Gasteiger partial charge in [0.15, 0.2) is 5.78 Å². The molecule has 1 heterocycles. The summed E-state index contributed by atoms with van der Waals surface area (Å²) < 4.78 is 11.1.